The molecule has 0 saturated carbocycles. The summed E-state index contributed by atoms with van der Waals surface area (Å²) in [7, 11) is 0. The number of benzene rings is 2. The third-order valence-electron chi connectivity index (χ3n) is 4.55. The van der Waals surface area contributed by atoms with Crippen molar-refractivity contribution in [1.82, 2.24) is 5.32 Å². The van der Waals surface area contributed by atoms with E-state index in [4.69, 9.17) is 9.47 Å². The lowest BCUT2D eigenvalue weighted by atomic mass is 9.89. The Kier molecular flexibility index (Phi) is 9.73. The molecule has 0 aromatic heterocycles. The fourth-order valence-corrected chi connectivity index (χ4v) is 3.32. The second-order valence-electron chi connectivity index (χ2n) is 6.55. The molecule has 28 heavy (non-hydrogen) atoms. The van der Waals surface area contributed by atoms with Crippen LogP contribution in [0.1, 0.15) is 50.3 Å². The second kappa shape index (κ2) is 12.3. The number of ether oxygens (including phenoxy) is 2. The van der Waals surface area contributed by atoms with Gasteiger partial charge in [0.1, 0.15) is 6.61 Å². The third-order valence-corrected chi connectivity index (χ3v) is 4.55. The van der Waals surface area contributed by atoms with E-state index in [1.165, 1.54) is 27.5 Å². The highest BCUT2D eigenvalue weighted by atomic mass is 16.5. The van der Waals surface area contributed by atoms with E-state index in [9.17, 15) is 4.79 Å². The first-order chi connectivity index (χ1) is 13.8. The number of rotatable bonds is 9. The Labute approximate surface area is 168 Å². The van der Waals surface area contributed by atoms with Gasteiger partial charge in [0, 0.05) is 13.2 Å². The third kappa shape index (κ3) is 6.18. The summed E-state index contributed by atoms with van der Waals surface area (Å²) in [6, 6.07) is 10.7. The molecule has 0 fully saturated rings. The molecule has 1 N–H and O–H groups in total. The van der Waals surface area contributed by atoms with Crippen LogP contribution in [0.4, 0.5) is 0 Å². The fraction of sp³-hybridized carbons (Fsp3) is 0.458. The average molecular weight is 384 g/mol. The monoisotopic (exact) mass is 383 g/mol. The van der Waals surface area contributed by atoms with Crippen LogP contribution in [0.5, 0.6) is 0 Å². The number of hydrogen-bond donors (Lipinski definition) is 1. The molecule has 2 aromatic carbocycles. The predicted octanol–water partition coefficient (Wildman–Crippen LogP) is 4.88. The standard InChI is InChI=1S/C22H27NO3.C2H6/c1-2-12-25-13-11-23-22(24)16-26-15-21-19-9-5-3-7-17(19)14-18-8-4-6-10-20(18)21;1-2/h3,5-7,9-10,14H,2,4,8,11-13,15-16H2,1H3,(H,23,24);1-2H3. The highest BCUT2D eigenvalue weighted by Crippen LogP contribution is 2.31. The van der Waals surface area contributed by atoms with Crippen LogP contribution in [-0.4, -0.2) is 32.3 Å². The molecule has 0 saturated heterocycles. The van der Waals surface area contributed by atoms with E-state index in [1.807, 2.05) is 19.9 Å². The van der Waals surface area contributed by atoms with Crippen LogP contribution < -0.4 is 5.32 Å². The van der Waals surface area contributed by atoms with Gasteiger partial charge in [-0.25, -0.2) is 0 Å². The summed E-state index contributed by atoms with van der Waals surface area (Å²) >= 11 is 0. The Morgan fingerprint density at radius 1 is 1.14 bits per heavy atom. The van der Waals surface area contributed by atoms with Crippen LogP contribution in [0.25, 0.3) is 16.8 Å². The number of carbonyl (C=O) groups excluding carboxylic acids is 1. The zero-order valence-corrected chi connectivity index (χ0v) is 17.4. The van der Waals surface area contributed by atoms with Crippen LogP contribution in [-0.2, 0) is 27.3 Å². The fourth-order valence-electron chi connectivity index (χ4n) is 3.32. The average Bonchev–Trinajstić information content (AvgIpc) is 2.74. The normalized spacial score (nSPS) is 12.2. The zero-order chi connectivity index (χ0) is 20.2. The molecule has 0 unspecified atom stereocenters. The molecule has 4 heteroatoms. The minimum absolute atomic E-state index is 0.0650. The number of hydrogen-bond acceptors (Lipinski definition) is 3. The summed E-state index contributed by atoms with van der Waals surface area (Å²) in [6.07, 6.45) is 7.52. The van der Waals surface area contributed by atoms with Crippen molar-refractivity contribution < 1.29 is 14.3 Å². The van der Waals surface area contributed by atoms with Crippen LogP contribution in [0, 0.1) is 0 Å². The van der Waals surface area contributed by atoms with Gasteiger partial charge in [-0.2, -0.15) is 0 Å². The SMILES string of the molecule is CC.CCCOCCNC(=O)COCc1c2c(cc3ccccc13)CCC=C2. The van der Waals surface area contributed by atoms with Gasteiger partial charge in [0.2, 0.25) is 5.91 Å². The minimum Gasteiger partial charge on any atom is -0.380 e. The number of nitrogens with one attached hydrogen (secondary N) is 1. The summed E-state index contributed by atoms with van der Waals surface area (Å²) in [5.41, 5.74) is 3.79. The number of carbonyl (C=O) groups is 1. The molecule has 0 spiro atoms. The molecule has 0 aliphatic heterocycles. The Balaban J connectivity index is 0.00000136. The Bertz CT molecular complexity index is 783. The molecule has 0 bridgehead atoms. The Morgan fingerprint density at radius 2 is 1.96 bits per heavy atom. The predicted molar refractivity (Wildman–Crippen MR) is 116 cm³/mol. The topological polar surface area (TPSA) is 47.6 Å². The highest BCUT2D eigenvalue weighted by Gasteiger charge is 2.14. The number of allylic oxidation sites excluding steroid dienone is 1. The Morgan fingerprint density at radius 3 is 2.79 bits per heavy atom. The molecule has 0 radical (unpaired) electrons. The summed E-state index contributed by atoms with van der Waals surface area (Å²) < 4.78 is 11.1. The van der Waals surface area contributed by atoms with Crippen LogP contribution in [0.2, 0.25) is 0 Å². The van der Waals surface area contributed by atoms with Crippen molar-refractivity contribution in [2.75, 3.05) is 26.4 Å². The van der Waals surface area contributed by atoms with Gasteiger partial charge in [0.05, 0.1) is 13.2 Å². The smallest absolute Gasteiger partial charge is 0.246 e. The maximum absolute atomic E-state index is 11.9. The van der Waals surface area contributed by atoms with Gasteiger partial charge < -0.3 is 14.8 Å². The summed E-state index contributed by atoms with van der Waals surface area (Å²) in [5, 5.41) is 5.26. The van der Waals surface area contributed by atoms with Crippen molar-refractivity contribution in [2.45, 2.75) is 46.6 Å². The molecule has 1 aliphatic carbocycles. The number of aryl methyl sites for hydroxylation is 1. The first-order valence-electron chi connectivity index (χ1n) is 10.4. The van der Waals surface area contributed by atoms with E-state index in [0.29, 0.717) is 19.8 Å². The Hall–Kier alpha value is -2.17. The zero-order valence-electron chi connectivity index (χ0n) is 17.4. The molecule has 0 atom stereocenters. The van der Waals surface area contributed by atoms with Gasteiger partial charge in [-0.3, -0.25) is 4.79 Å². The van der Waals surface area contributed by atoms with Gasteiger partial charge in [-0.05, 0) is 46.7 Å². The molecular formula is C24H33NO3. The maximum Gasteiger partial charge on any atom is 0.246 e. The lowest BCUT2D eigenvalue weighted by Gasteiger charge is -2.18. The van der Waals surface area contributed by atoms with Crippen molar-refractivity contribution in [3.63, 3.8) is 0 Å². The van der Waals surface area contributed by atoms with Gasteiger partial charge in [-0.1, -0.05) is 63.3 Å². The van der Waals surface area contributed by atoms with E-state index in [1.54, 1.807) is 0 Å². The molecule has 0 heterocycles. The summed E-state index contributed by atoms with van der Waals surface area (Å²) in [6.45, 7) is 8.36. The van der Waals surface area contributed by atoms with Crippen molar-refractivity contribution in [3.8, 4) is 0 Å². The maximum atomic E-state index is 11.9. The first-order valence-corrected chi connectivity index (χ1v) is 10.4. The molecule has 3 rings (SSSR count). The number of amides is 1. The molecule has 4 nitrogen and oxygen atoms in total. The second-order valence-corrected chi connectivity index (χ2v) is 6.55. The molecule has 1 aliphatic rings. The summed E-state index contributed by atoms with van der Waals surface area (Å²) in [4.78, 5) is 11.9. The first kappa shape index (κ1) is 22.1. The van der Waals surface area contributed by atoms with E-state index in [-0.39, 0.29) is 12.5 Å². The van der Waals surface area contributed by atoms with Gasteiger partial charge in [0.25, 0.3) is 0 Å². The van der Waals surface area contributed by atoms with E-state index < -0.39 is 0 Å². The van der Waals surface area contributed by atoms with E-state index in [2.05, 4.69) is 48.7 Å². The molecule has 152 valence electrons. The lowest BCUT2D eigenvalue weighted by molar-refractivity contribution is -0.126. The highest BCUT2D eigenvalue weighted by molar-refractivity contribution is 5.90. The van der Waals surface area contributed by atoms with Crippen molar-refractivity contribution >= 4 is 22.8 Å². The lowest BCUT2D eigenvalue weighted by Crippen LogP contribution is -2.30. The van der Waals surface area contributed by atoms with Crippen LogP contribution in [0.3, 0.4) is 0 Å². The van der Waals surface area contributed by atoms with Crippen molar-refractivity contribution in [3.05, 3.63) is 53.1 Å². The van der Waals surface area contributed by atoms with Crippen LogP contribution in [0.15, 0.2) is 36.4 Å². The van der Waals surface area contributed by atoms with Gasteiger partial charge >= 0.3 is 0 Å². The van der Waals surface area contributed by atoms with Gasteiger partial charge in [0.15, 0.2) is 0 Å². The molecular weight excluding hydrogens is 350 g/mol. The van der Waals surface area contributed by atoms with E-state index >= 15 is 0 Å². The molecule has 2 aromatic rings. The van der Waals surface area contributed by atoms with Gasteiger partial charge in [-0.15, -0.1) is 0 Å². The van der Waals surface area contributed by atoms with Crippen LogP contribution >= 0.6 is 0 Å². The van der Waals surface area contributed by atoms with Crippen molar-refractivity contribution in [2.24, 2.45) is 0 Å². The number of fused-ring (bicyclic) bond motifs is 2. The van der Waals surface area contributed by atoms with Crippen molar-refractivity contribution in [1.29, 1.82) is 0 Å². The minimum atomic E-state index is -0.102. The quantitative estimate of drug-likeness (QED) is 0.628. The molecule has 1 amide bonds. The largest absolute Gasteiger partial charge is 0.380 e. The van der Waals surface area contributed by atoms with E-state index in [0.717, 1.165) is 25.9 Å². The summed E-state index contributed by atoms with van der Waals surface area (Å²) in [5.74, 6) is -0.102.